The third-order valence-electron chi connectivity index (χ3n) is 4.15. The number of esters is 1. The van der Waals surface area contributed by atoms with Crippen LogP contribution in [0.1, 0.15) is 26.3 Å². The first kappa shape index (κ1) is 21.7. The molecular weight excluding hydrogens is 378 g/mol. The summed E-state index contributed by atoms with van der Waals surface area (Å²) in [6, 6.07) is 10.4. The molecule has 2 aromatic carbocycles. The lowest BCUT2D eigenvalue weighted by atomic mass is 10.1. The first-order valence-electron chi connectivity index (χ1n) is 8.81. The number of nitrogens with one attached hydrogen (secondary N) is 1. The minimum atomic E-state index is -0.859. The number of carbonyl (C=O) groups is 3. The highest BCUT2D eigenvalue weighted by Crippen LogP contribution is 2.33. The van der Waals surface area contributed by atoms with Gasteiger partial charge in [-0.25, -0.2) is 4.79 Å². The largest absolute Gasteiger partial charge is 0.496 e. The molecule has 0 heterocycles. The van der Waals surface area contributed by atoms with Crippen LogP contribution < -0.4 is 19.5 Å². The van der Waals surface area contributed by atoms with Crippen molar-refractivity contribution in [1.82, 2.24) is 5.32 Å². The number of carbonyl (C=O) groups excluding carboxylic acids is 3. The van der Waals surface area contributed by atoms with Crippen molar-refractivity contribution in [2.45, 2.75) is 6.42 Å². The Balaban J connectivity index is 1.95. The summed E-state index contributed by atoms with van der Waals surface area (Å²) in [4.78, 5) is 35.7. The second kappa shape index (κ2) is 10.7. The molecule has 0 unspecified atom stereocenters. The van der Waals surface area contributed by atoms with E-state index in [0.29, 0.717) is 19.3 Å². The molecule has 0 bridgehead atoms. The first-order chi connectivity index (χ1) is 14.0. The lowest BCUT2D eigenvalue weighted by Crippen LogP contribution is -2.30. The third-order valence-corrected chi connectivity index (χ3v) is 4.15. The molecule has 0 aliphatic carbocycles. The summed E-state index contributed by atoms with van der Waals surface area (Å²) in [5.41, 5.74) is 0.928. The zero-order chi connectivity index (χ0) is 21.2. The minimum absolute atomic E-state index is 0.0682. The highest BCUT2D eigenvalue weighted by atomic mass is 16.5. The van der Waals surface area contributed by atoms with E-state index in [1.807, 2.05) is 24.3 Å². The second-order valence-electron chi connectivity index (χ2n) is 5.87. The highest BCUT2D eigenvalue weighted by Gasteiger charge is 2.23. The summed E-state index contributed by atoms with van der Waals surface area (Å²) in [6.07, 6.45) is 1.06. The fraction of sp³-hybridized carbons (Fsp3) is 0.286. The fourth-order valence-electron chi connectivity index (χ4n) is 2.75. The van der Waals surface area contributed by atoms with Gasteiger partial charge in [-0.15, -0.1) is 0 Å². The Bertz CT molecular complexity index is 879. The van der Waals surface area contributed by atoms with Gasteiger partial charge in [0, 0.05) is 12.1 Å². The topological polar surface area (TPSA) is 100 Å². The fourth-order valence-corrected chi connectivity index (χ4v) is 2.75. The molecule has 1 N–H and O–H groups in total. The zero-order valence-electron chi connectivity index (χ0n) is 16.5. The molecule has 0 aromatic heterocycles. The predicted octanol–water partition coefficient (Wildman–Crippen LogP) is 2.04. The monoisotopic (exact) mass is 401 g/mol. The zero-order valence-corrected chi connectivity index (χ0v) is 16.5. The van der Waals surface area contributed by atoms with Gasteiger partial charge >= 0.3 is 5.97 Å². The van der Waals surface area contributed by atoms with E-state index < -0.39 is 18.5 Å². The molecule has 0 saturated heterocycles. The van der Waals surface area contributed by atoms with E-state index in [0.717, 1.165) is 11.3 Å². The number of hydrogen-bond acceptors (Lipinski definition) is 7. The van der Waals surface area contributed by atoms with Crippen LogP contribution in [0.15, 0.2) is 36.4 Å². The lowest BCUT2D eigenvalue weighted by molar-refractivity contribution is -0.124. The van der Waals surface area contributed by atoms with Gasteiger partial charge in [0.1, 0.15) is 11.3 Å². The predicted molar refractivity (Wildman–Crippen MR) is 105 cm³/mol. The van der Waals surface area contributed by atoms with Crippen molar-refractivity contribution in [3.8, 4) is 17.2 Å². The SMILES string of the molecule is COc1ccccc1CCNC(=O)COC(=O)c1c(C=O)ccc(OC)c1OC. The van der Waals surface area contributed by atoms with Crippen molar-refractivity contribution in [2.24, 2.45) is 0 Å². The van der Waals surface area contributed by atoms with Crippen molar-refractivity contribution in [3.63, 3.8) is 0 Å². The molecular formula is C21H23NO7. The molecule has 1 amide bonds. The minimum Gasteiger partial charge on any atom is -0.496 e. The molecule has 0 radical (unpaired) electrons. The van der Waals surface area contributed by atoms with Gasteiger partial charge in [-0.3, -0.25) is 9.59 Å². The van der Waals surface area contributed by atoms with Crippen LogP contribution in [0.25, 0.3) is 0 Å². The quantitative estimate of drug-likeness (QED) is 0.480. The van der Waals surface area contributed by atoms with Crippen LogP contribution in [-0.2, 0) is 16.0 Å². The molecule has 0 aliphatic heterocycles. The van der Waals surface area contributed by atoms with E-state index >= 15 is 0 Å². The summed E-state index contributed by atoms with van der Waals surface area (Å²) in [5.74, 6) is -0.254. The first-order valence-corrected chi connectivity index (χ1v) is 8.81. The Labute approximate surface area is 168 Å². The maximum atomic E-state index is 12.4. The Kier molecular flexibility index (Phi) is 8.02. The summed E-state index contributed by atoms with van der Waals surface area (Å²) in [5, 5.41) is 2.67. The van der Waals surface area contributed by atoms with E-state index in [4.69, 9.17) is 18.9 Å². The number of benzene rings is 2. The van der Waals surface area contributed by atoms with E-state index in [9.17, 15) is 14.4 Å². The molecule has 0 fully saturated rings. The van der Waals surface area contributed by atoms with E-state index in [-0.39, 0.29) is 22.6 Å². The third kappa shape index (κ3) is 5.47. The van der Waals surface area contributed by atoms with E-state index in [1.165, 1.54) is 26.4 Å². The number of amides is 1. The van der Waals surface area contributed by atoms with Crippen LogP contribution in [-0.4, -0.2) is 52.6 Å². The summed E-state index contributed by atoms with van der Waals surface area (Å²) >= 11 is 0. The molecule has 8 heteroatoms. The Morgan fingerprint density at radius 1 is 0.966 bits per heavy atom. The van der Waals surface area contributed by atoms with Crippen molar-refractivity contribution >= 4 is 18.2 Å². The van der Waals surface area contributed by atoms with Gasteiger partial charge in [0.15, 0.2) is 24.4 Å². The van der Waals surface area contributed by atoms with Crippen LogP contribution in [0, 0.1) is 0 Å². The summed E-state index contributed by atoms with van der Waals surface area (Å²) in [6.45, 7) is -0.151. The van der Waals surface area contributed by atoms with Crippen LogP contribution >= 0.6 is 0 Å². The van der Waals surface area contributed by atoms with Crippen LogP contribution in [0.5, 0.6) is 17.2 Å². The summed E-state index contributed by atoms with van der Waals surface area (Å²) in [7, 11) is 4.33. The Morgan fingerprint density at radius 2 is 1.69 bits per heavy atom. The second-order valence-corrected chi connectivity index (χ2v) is 5.87. The van der Waals surface area contributed by atoms with Crippen molar-refractivity contribution < 1.29 is 33.3 Å². The van der Waals surface area contributed by atoms with Crippen molar-refractivity contribution in [3.05, 3.63) is 53.1 Å². The number of hydrogen-bond donors (Lipinski definition) is 1. The average Bonchev–Trinajstić information content (AvgIpc) is 2.76. The number of para-hydroxylation sites is 1. The molecule has 0 saturated carbocycles. The number of rotatable bonds is 10. The molecule has 0 spiro atoms. The highest BCUT2D eigenvalue weighted by molar-refractivity contribution is 6.02. The summed E-state index contributed by atoms with van der Waals surface area (Å²) < 4.78 is 20.6. The molecule has 0 atom stereocenters. The van der Waals surface area contributed by atoms with Gasteiger partial charge in [0.25, 0.3) is 5.91 Å². The van der Waals surface area contributed by atoms with Gasteiger partial charge in [0.2, 0.25) is 0 Å². The average molecular weight is 401 g/mol. The Morgan fingerprint density at radius 3 is 2.34 bits per heavy atom. The molecule has 0 aliphatic rings. The standard InChI is InChI=1S/C21H23NO7/c1-26-16-7-5-4-6-14(16)10-11-22-18(24)13-29-21(25)19-15(12-23)8-9-17(27-2)20(19)28-3/h4-9,12H,10-11,13H2,1-3H3,(H,22,24). The molecule has 2 aromatic rings. The molecule has 2 rings (SSSR count). The van der Waals surface area contributed by atoms with Gasteiger partial charge in [0.05, 0.1) is 21.3 Å². The Hall–Kier alpha value is -3.55. The van der Waals surface area contributed by atoms with Gasteiger partial charge in [-0.1, -0.05) is 18.2 Å². The van der Waals surface area contributed by atoms with E-state index in [1.54, 1.807) is 7.11 Å². The van der Waals surface area contributed by atoms with Gasteiger partial charge in [-0.2, -0.15) is 0 Å². The van der Waals surface area contributed by atoms with Crippen LogP contribution in [0.4, 0.5) is 0 Å². The van der Waals surface area contributed by atoms with Crippen molar-refractivity contribution in [2.75, 3.05) is 34.5 Å². The number of methoxy groups -OCH3 is 3. The van der Waals surface area contributed by atoms with Crippen molar-refractivity contribution in [1.29, 1.82) is 0 Å². The van der Waals surface area contributed by atoms with Crippen LogP contribution in [0.3, 0.4) is 0 Å². The maximum absolute atomic E-state index is 12.4. The molecule has 29 heavy (non-hydrogen) atoms. The van der Waals surface area contributed by atoms with E-state index in [2.05, 4.69) is 5.32 Å². The molecule has 8 nitrogen and oxygen atoms in total. The smallest absolute Gasteiger partial charge is 0.343 e. The molecule has 154 valence electrons. The van der Waals surface area contributed by atoms with Gasteiger partial charge < -0.3 is 24.3 Å². The van der Waals surface area contributed by atoms with Crippen LogP contribution in [0.2, 0.25) is 0 Å². The maximum Gasteiger partial charge on any atom is 0.343 e. The normalized spacial score (nSPS) is 10.0. The van der Waals surface area contributed by atoms with Gasteiger partial charge in [-0.05, 0) is 30.2 Å². The number of aldehydes is 1. The lowest BCUT2D eigenvalue weighted by Gasteiger charge is -2.14. The number of ether oxygens (including phenoxy) is 4.